The van der Waals surface area contributed by atoms with Gasteiger partial charge in [0.15, 0.2) is 0 Å². The van der Waals surface area contributed by atoms with Crippen molar-refractivity contribution in [1.29, 1.82) is 0 Å². The molecule has 0 saturated carbocycles. The highest BCUT2D eigenvalue weighted by molar-refractivity contribution is 6.89. The first kappa shape index (κ1) is 18.9. The van der Waals surface area contributed by atoms with Gasteiger partial charge >= 0.3 is 0 Å². The number of benzene rings is 2. The van der Waals surface area contributed by atoms with Crippen molar-refractivity contribution in [1.82, 2.24) is 0 Å². The van der Waals surface area contributed by atoms with E-state index in [4.69, 9.17) is 0 Å². The minimum absolute atomic E-state index is 1.34. The minimum Gasteiger partial charge on any atom is -0.0867 e. The van der Waals surface area contributed by atoms with E-state index in [0.717, 1.165) is 0 Å². The zero-order valence-electron chi connectivity index (χ0n) is 16.6. The van der Waals surface area contributed by atoms with Crippen LogP contribution in [-0.4, -0.2) is 16.1 Å². The maximum absolute atomic E-state index is 2.58. The van der Waals surface area contributed by atoms with E-state index in [1.807, 2.05) is 0 Å². The lowest BCUT2D eigenvalue weighted by Crippen LogP contribution is -2.40. The molecule has 0 radical (unpaired) electrons. The Morgan fingerprint density at radius 1 is 0.792 bits per heavy atom. The van der Waals surface area contributed by atoms with Gasteiger partial charge in [0, 0.05) is 0 Å². The molecule has 0 nitrogen and oxygen atoms in total. The maximum atomic E-state index is 2.58. The first-order valence-corrected chi connectivity index (χ1v) is 16.0. The normalized spacial score (nSPS) is 13.2. The fourth-order valence-corrected chi connectivity index (χ4v) is 6.06. The van der Waals surface area contributed by atoms with Crippen molar-refractivity contribution < 1.29 is 0 Å². The van der Waals surface area contributed by atoms with E-state index >= 15 is 0 Å². The lowest BCUT2D eigenvalue weighted by Gasteiger charge is -2.25. The smallest absolute Gasteiger partial charge is 0.0784 e. The molecule has 0 saturated heterocycles. The van der Waals surface area contributed by atoms with Crippen LogP contribution < -0.4 is 5.19 Å². The molecule has 2 aromatic carbocycles. The van der Waals surface area contributed by atoms with Crippen LogP contribution >= 0.6 is 0 Å². The molecule has 0 amide bonds. The van der Waals surface area contributed by atoms with Crippen molar-refractivity contribution in [2.45, 2.75) is 53.1 Å². The van der Waals surface area contributed by atoms with E-state index in [1.165, 1.54) is 27.8 Å². The average Bonchev–Trinajstić information content (AvgIpc) is 2.42. The fraction of sp³-hybridized carbons (Fsp3) is 0.364. The number of hydrogen-bond donors (Lipinski definition) is 0. The Kier molecular flexibility index (Phi) is 5.41. The van der Waals surface area contributed by atoms with Gasteiger partial charge in [0.1, 0.15) is 0 Å². The monoisotopic (exact) mass is 352 g/mol. The predicted octanol–water partition coefficient (Wildman–Crippen LogP) is 6.16. The molecule has 0 bridgehead atoms. The van der Waals surface area contributed by atoms with Gasteiger partial charge in [0.05, 0.1) is 16.1 Å². The van der Waals surface area contributed by atoms with Crippen LogP contribution in [0.3, 0.4) is 0 Å². The predicted molar refractivity (Wildman–Crippen MR) is 116 cm³/mol. The van der Waals surface area contributed by atoms with Crippen LogP contribution in [-0.2, 0) is 0 Å². The molecule has 128 valence electrons. The van der Waals surface area contributed by atoms with E-state index < -0.39 is 16.1 Å². The van der Waals surface area contributed by atoms with Gasteiger partial charge in [0.2, 0.25) is 0 Å². The van der Waals surface area contributed by atoms with Crippen molar-refractivity contribution in [2.24, 2.45) is 0 Å². The van der Waals surface area contributed by atoms with Crippen molar-refractivity contribution in [3.8, 4) is 0 Å². The SMILES string of the molecule is Cc1cc(C)cc(/C(=C/[Si](C)(C)C)c2ccccc2[Si](C)(C)C)c1. The molecule has 24 heavy (non-hydrogen) atoms. The van der Waals surface area contributed by atoms with E-state index in [-0.39, 0.29) is 0 Å². The number of rotatable bonds is 4. The highest BCUT2D eigenvalue weighted by Gasteiger charge is 2.23. The summed E-state index contributed by atoms with van der Waals surface area (Å²) in [6, 6.07) is 16.0. The Bertz CT molecular complexity index is 736. The molecule has 2 heteroatoms. The Balaban J connectivity index is 2.77. The topological polar surface area (TPSA) is 0 Å². The van der Waals surface area contributed by atoms with Gasteiger partial charge < -0.3 is 0 Å². The van der Waals surface area contributed by atoms with Crippen LogP contribution in [0.4, 0.5) is 0 Å². The van der Waals surface area contributed by atoms with E-state index in [9.17, 15) is 0 Å². The van der Waals surface area contributed by atoms with E-state index in [1.54, 1.807) is 5.19 Å². The molecule has 0 heterocycles. The van der Waals surface area contributed by atoms with E-state index in [0.29, 0.717) is 0 Å². The highest BCUT2D eigenvalue weighted by atomic mass is 28.3. The average molecular weight is 353 g/mol. The molecule has 0 spiro atoms. The quantitative estimate of drug-likeness (QED) is 0.578. The second-order valence-electron chi connectivity index (χ2n) is 9.10. The van der Waals surface area contributed by atoms with Crippen molar-refractivity contribution >= 4 is 26.9 Å². The van der Waals surface area contributed by atoms with Gasteiger partial charge in [0.25, 0.3) is 0 Å². The molecule has 0 aromatic heterocycles. The third kappa shape index (κ3) is 4.81. The molecular formula is C22H32Si2. The Labute approximate surface area is 150 Å². The Morgan fingerprint density at radius 2 is 1.33 bits per heavy atom. The van der Waals surface area contributed by atoms with Crippen LogP contribution in [0.2, 0.25) is 39.3 Å². The summed E-state index contributed by atoms with van der Waals surface area (Å²) in [6.07, 6.45) is 0. The molecule has 0 atom stereocenters. The molecule has 0 aliphatic carbocycles. The van der Waals surface area contributed by atoms with Crippen LogP contribution in [0.25, 0.3) is 5.57 Å². The number of hydrogen-bond acceptors (Lipinski definition) is 0. The molecule has 0 fully saturated rings. The van der Waals surface area contributed by atoms with Crippen LogP contribution in [0.15, 0.2) is 48.2 Å². The minimum atomic E-state index is -1.40. The zero-order chi connectivity index (χ0) is 18.1. The summed E-state index contributed by atoms with van der Waals surface area (Å²) in [4.78, 5) is 0. The van der Waals surface area contributed by atoms with Gasteiger partial charge in [-0.15, -0.1) is 0 Å². The lowest BCUT2D eigenvalue weighted by atomic mass is 9.96. The summed E-state index contributed by atoms with van der Waals surface area (Å²) in [6.45, 7) is 19.0. The number of aryl methyl sites for hydroxylation is 2. The largest absolute Gasteiger partial charge is 0.0867 e. The van der Waals surface area contributed by atoms with Gasteiger partial charge in [-0.2, -0.15) is 0 Å². The molecular weight excluding hydrogens is 320 g/mol. The molecule has 0 N–H and O–H groups in total. The molecule has 0 aliphatic rings. The van der Waals surface area contributed by atoms with E-state index in [2.05, 4.69) is 101 Å². The molecule has 0 unspecified atom stereocenters. The molecule has 2 aromatic rings. The van der Waals surface area contributed by atoms with Crippen LogP contribution in [0.1, 0.15) is 22.3 Å². The van der Waals surface area contributed by atoms with Crippen LogP contribution in [0.5, 0.6) is 0 Å². The van der Waals surface area contributed by atoms with Crippen molar-refractivity contribution in [3.63, 3.8) is 0 Å². The Morgan fingerprint density at radius 3 is 1.83 bits per heavy atom. The van der Waals surface area contributed by atoms with Gasteiger partial charge in [-0.1, -0.05) is 104 Å². The summed E-state index contributed by atoms with van der Waals surface area (Å²) >= 11 is 0. The first-order chi connectivity index (χ1) is 11.0. The van der Waals surface area contributed by atoms with Gasteiger partial charge in [-0.25, -0.2) is 0 Å². The molecule has 2 rings (SSSR count). The summed E-state index contributed by atoms with van der Waals surface area (Å²) in [5, 5.41) is 1.56. The van der Waals surface area contributed by atoms with Crippen molar-refractivity contribution in [2.75, 3.05) is 0 Å². The van der Waals surface area contributed by atoms with Gasteiger partial charge in [-0.3, -0.25) is 0 Å². The Hall–Kier alpha value is -1.39. The zero-order valence-corrected chi connectivity index (χ0v) is 18.6. The standard InChI is InChI=1S/C22H32Si2/c1-17-13-18(2)15-19(14-17)21(16-23(3,4)5)20-11-9-10-12-22(20)24(6,7)8/h9-16H,1-8H3/b21-16-. The highest BCUT2D eigenvalue weighted by Crippen LogP contribution is 2.28. The van der Waals surface area contributed by atoms with Gasteiger partial charge in [-0.05, 0) is 30.5 Å². The summed E-state index contributed by atoms with van der Waals surface area (Å²) in [5.74, 6) is 0. The third-order valence-electron chi connectivity index (χ3n) is 4.14. The van der Waals surface area contributed by atoms with Crippen molar-refractivity contribution in [3.05, 3.63) is 70.4 Å². The maximum Gasteiger partial charge on any atom is 0.0784 e. The second-order valence-corrected chi connectivity index (χ2v) is 19.2. The summed E-state index contributed by atoms with van der Waals surface area (Å²) in [5.41, 5.74) is 9.54. The fourth-order valence-electron chi connectivity index (χ4n) is 3.25. The third-order valence-corrected chi connectivity index (χ3v) is 7.34. The summed E-state index contributed by atoms with van der Waals surface area (Å²) in [7, 11) is -2.75. The summed E-state index contributed by atoms with van der Waals surface area (Å²) < 4.78 is 0. The second kappa shape index (κ2) is 6.85. The first-order valence-electron chi connectivity index (χ1n) is 8.89. The van der Waals surface area contributed by atoms with Crippen LogP contribution in [0, 0.1) is 13.8 Å². The molecule has 0 aliphatic heterocycles. The lowest BCUT2D eigenvalue weighted by molar-refractivity contribution is 1.36.